The average Bonchev–Trinajstić information content (AvgIpc) is 3.31. The van der Waals surface area contributed by atoms with Crippen LogP contribution in [0.15, 0.2) is 0 Å². The van der Waals surface area contributed by atoms with Crippen molar-refractivity contribution in [1.82, 2.24) is 0 Å². The van der Waals surface area contributed by atoms with Crippen LogP contribution in [0.25, 0.3) is 0 Å². The lowest BCUT2D eigenvalue weighted by atomic mass is 9.44. The van der Waals surface area contributed by atoms with Gasteiger partial charge in [0.1, 0.15) is 11.7 Å². The quantitative estimate of drug-likeness (QED) is 0.474. The van der Waals surface area contributed by atoms with Crippen LogP contribution in [0.3, 0.4) is 0 Å². The van der Waals surface area contributed by atoms with E-state index >= 15 is 0 Å². The van der Waals surface area contributed by atoms with Crippen LogP contribution in [-0.4, -0.2) is 17.5 Å². The largest absolute Gasteiger partial charge is 0.357 e. The lowest BCUT2D eigenvalue weighted by Crippen LogP contribution is -2.58. The predicted octanol–water partition coefficient (Wildman–Crippen LogP) is 6.81. The molecule has 2 heteroatoms. The highest BCUT2D eigenvalue weighted by Crippen LogP contribution is 2.73. The molecule has 5 fully saturated rings. The molecule has 1 heterocycles. The summed E-state index contributed by atoms with van der Waals surface area (Å²) in [6.45, 7) is 12.5. The topological polar surface area (TPSA) is 29.6 Å². The van der Waals surface area contributed by atoms with Gasteiger partial charge in [0.25, 0.3) is 0 Å². The third-order valence-electron chi connectivity index (χ3n) is 11.2. The number of fused-ring (bicyclic) bond motifs is 4. The Hall–Kier alpha value is -0.370. The third-order valence-corrected chi connectivity index (χ3v) is 11.2. The van der Waals surface area contributed by atoms with Crippen LogP contribution < -0.4 is 0 Å². The van der Waals surface area contributed by atoms with Gasteiger partial charge < -0.3 is 4.74 Å². The first-order valence-corrected chi connectivity index (χ1v) is 12.9. The molecule has 5 aliphatic rings. The summed E-state index contributed by atoms with van der Waals surface area (Å²) < 4.78 is 6.24. The van der Waals surface area contributed by atoms with E-state index < -0.39 is 0 Å². The van der Waals surface area contributed by atoms with Gasteiger partial charge in [0.05, 0.1) is 0 Å². The maximum Gasteiger partial charge on any atom is 0.164 e. The van der Waals surface area contributed by atoms with Crippen LogP contribution in [0.2, 0.25) is 0 Å². The first kappa shape index (κ1) is 20.5. The number of ketones is 1. The summed E-state index contributed by atoms with van der Waals surface area (Å²) in [5, 5.41) is 0. The van der Waals surface area contributed by atoms with E-state index in [1.165, 1.54) is 51.4 Å². The molecule has 1 saturated heterocycles. The van der Waals surface area contributed by atoms with Gasteiger partial charge in [-0.1, -0.05) is 53.9 Å². The Morgan fingerprint density at radius 1 is 0.966 bits per heavy atom. The number of carbonyl (C=O) groups excluding carboxylic acids is 1. The molecule has 0 radical (unpaired) electrons. The normalized spacial score (nSPS) is 51.8. The molecule has 164 valence electrons. The summed E-state index contributed by atoms with van der Waals surface area (Å²) in [7, 11) is 0. The van der Waals surface area contributed by atoms with E-state index in [1.807, 2.05) is 0 Å². The van der Waals surface area contributed by atoms with Gasteiger partial charge in [-0.3, -0.25) is 4.79 Å². The molecule has 0 aromatic carbocycles. The maximum absolute atomic E-state index is 12.3. The summed E-state index contributed by atoms with van der Waals surface area (Å²) >= 11 is 0. The second-order valence-corrected chi connectivity index (χ2v) is 12.7. The standard InChI is InChI=1S/C27H44O2/c1-17(2)7-6-8-18(3)20-9-10-21-19-11-16-27-24(29-27)23(28)13-15-26(27,5)22(19)12-14-25(20,21)4/h17-22,24H,6-16H2,1-5H3/t18-,19?,20?,21?,22?,24-,25-,26-,27-/m1/s1. The molecule has 9 atom stereocenters. The maximum atomic E-state index is 12.3. The van der Waals surface area contributed by atoms with Gasteiger partial charge in [0.2, 0.25) is 0 Å². The Balaban J connectivity index is 1.32. The fraction of sp³-hybridized carbons (Fsp3) is 0.963. The van der Waals surface area contributed by atoms with Crippen molar-refractivity contribution in [3.63, 3.8) is 0 Å². The van der Waals surface area contributed by atoms with Crippen LogP contribution in [0, 0.1) is 46.3 Å². The third kappa shape index (κ3) is 2.79. The average molecular weight is 401 g/mol. The summed E-state index contributed by atoms with van der Waals surface area (Å²) in [5.41, 5.74) is 0.768. The number of rotatable bonds is 5. The predicted molar refractivity (Wildman–Crippen MR) is 118 cm³/mol. The lowest BCUT2D eigenvalue weighted by Gasteiger charge is -2.59. The molecule has 2 nitrogen and oxygen atoms in total. The summed E-state index contributed by atoms with van der Waals surface area (Å²) in [6.07, 6.45) is 14.3. The summed E-state index contributed by atoms with van der Waals surface area (Å²) in [6, 6.07) is 0. The van der Waals surface area contributed by atoms with Gasteiger partial charge in [-0.25, -0.2) is 0 Å². The molecule has 4 unspecified atom stereocenters. The minimum atomic E-state index is -0.0562. The summed E-state index contributed by atoms with van der Waals surface area (Å²) in [4.78, 5) is 12.3. The SMILES string of the molecule is CC(C)CCC[C@@H](C)C1CCC2C3CC[C@@]45O[C@@H]4C(=O)CC[C@]5(C)C3CC[C@@]21C. The Morgan fingerprint density at radius 2 is 1.76 bits per heavy atom. The van der Waals surface area contributed by atoms with Crippen LogP contribution in [0.4, 0.5) is 0 Å². The van der Waals surface area contributed by atoms with Crippen molar-refractivity contribution in [2.24, 2.45) is 46.3 Å². The number of epoxide rings is 1. The van der Waals surface area contributed by atoms with E-state index in [1.54, 1.807) is 0 Å². The van der Waals surface area contributed by atoms with Gasteiger partial charge in [-0.2, -0.15) is 0 Å². The van der Waals surface area contributed by atoms with E-state index in [2.05, 4.69) is 34.6 Å². The number of Topliss-reactive ketones (excluding diaryl/α,β-unsaturated/α-hetero) is 1. The van der Waals surface area contributed by atoms with Crippen molar-refractivity contribution in [3.05, 3.63) is 0 Å². The molecule has 0 N–H and O–H groups in total. The zero-order chi connectivity index (χ0) is 20.6. The molecule has 29 heavy (non-hydrogen) atoms. The Bertz CT molecular complexity index is 669. The summed E-state index contributed by atoms with van der Waals surface area (Å²) in [5.74, 6) is 5.66. The highest BCUT2D eigenvalue weighted by atomic mass is 16.6. The van der Waals surface area contributed by atoms with Gasteiger partial charge in [0, 0.05) is 11.8 Å². The van der Waals surface area contributed by atoms with Crippen LogP contribution in [-0.2, 0) is 9.53 Å². The number of ether oxygens (including phenoxy) is 1. The molecule has 1 spiro atoms. The van der Waals surface area contributed by atoms with Crippen molar-refractivity contribution in [3.8, 4) is 0 Å². The molecule has 1 aliphatic heterocycles. The van der Waals surface area contributed by atoms with Crippen molar-refractivity contribution in [1.29, 1.82) is 0 Å². The first-order chi connectivity index (χ1) is 13.7. The second kappa shape index (κ2) is 6.81. The van der Waals surface area contributed by atoms with E-state index in [0.29, 0.717) is 11.2 Å². The minimum Gasteiger partial charge on any atom is -0.357 e. The lowest BCUT2D eigenvalue weighted by molar-refractivity contribution is -0.132. The van der Waals surface area contributed by atoms with E-state index in [4.69, 9.17) is 4.74 Å². The minimum absolute atomic E-state index is 0.0344. The number of carbonyl (C=O) groups is 1. The Morgan fingerprint density at radius 3 is 2.52 bits per heavy atom. The van der Waals surface area contributed by atoms with Crippen molar-refractivity contribution < 1.29 is 9.53 Å². The smallest absolute Gasteiger partial charge is 0.164 e. The molecule has 0 aromatic rings. The van der Waals surface area contributed by atoms with Gasteiger partial charge in [0.15, 0.2) is 5.78 Å². The molecule has 0 amide bonds. The number of hydrogen-bond acceptors (Lipinski definition) is 2. The number of hydrogen-bond donors (Lipinski definition) is 0. The van der Waals surface area contributed by atoms with Gasteiger partial charge in [-0.05, 0) is 85.9 Å². The second-order valence-electron chi connectivity index (χ2n) is 12.7. The van der Waals surface area contributed by atoms with E-state index in [0.717, 1.165) is 54.8 Å². The van der Waals surface area contributed by atoms with Crippen LogP contribution in [0.1, 0.15) is 105 Å². The zero-order valence-corrected chi connectivity index (χ0v) is 19.6. The van der Waals surface area contributed by atoms with Gasteiger partial charge >= 0.3 is 0 Å². The van der Waals surface area contributed by atoms with Crippen LogP contribution >= 0.6 is 0 Å². The fourth-order valence-electron chi connectivity index (χ4n) is 9.52. The van der Waals surface area contributed by atoms with Crippen molar-refractivity contribution in [2.75, 3.05) is 0 Å². The van der Waals surface area contributed by atoms with Crippen molar-refractivity contribution in [2.45, 2.75) is 117 Å². The molecule has 4 aliphatic carbocycles. The fourth-order valence-corrected chi connectivity index (χ4v) is 9.52. The Kier molecular flexibility index (Phi) is 4.82. The molecule has 5 rings (SSSR count). The van der Waals surface area contributed by atoms with Gasteiger partial charge in [-0.15, -0.1) is 0 Å². The monoisotopic (exact) mass is 400 g/mol. The highest BCUT2D eigenvalue weighted by Gasteiger charge is 2.76. The molecule has 0 aromatic heterocycles. The highest BCUT2D eigenvalue weighted by molar-refractivity contribution is 5.88. The van der Waals surface area contributed by atoms with E-state index in [9.17, 15) is 4.79 Å². The molecule has 0 bridgehead atoms. The first-order valence-electron chi connectivity index (χ1n) is 12.9. The molecular weight excluding hydrogens is 356 g/mol. The molecule has 4 saturated carbocycles. The van der Waals surface area contributed by atoms with Crippen LogP contribution in [0.5, 0.6) is 0 Å². The molecular formula is C27H44O2. The van der Waals surface area contributed by atoms with Crippen molar-refractivity contribution >= 4 is 5.78 Å². The zero-order valence-electron chi connectivity index (χ0n) is 19.6. The Labute approximate surface area is 178 Å². The van der Waals surface area contributed by atoms with E-state index in [-0.39, 0.29) is 17.1 Å².